The highest BCUT2D eigenvalue weighted by Crippen LogP contribution is 2.27. The highest BCUT2D eigenvalue weighted by atomic mass is 79.9. The van der Waals surface area contributed by atoms with Gasteiger partial charge in [0, 0.05) is 10.4 Å². The first-order valence-corrected chi connectivity index (χ1v) is 6.38. The van der Waals surface area contributed by atoms with Gasteiger partial charge in [-0.1, -0.05) is 22.0 Å². The molecule has 0 saturated heterocycles. The maximum Gasteiger partial charge on any atom is 0.310 e. The van der Waals surface area contributed by atoms with Crippen LogP contribution in [0.2, 0.25) is 0 Å². The molecule has 3 nitrogen and oxygen atoms in total. The molecule has 1 aromatic rings. The average molecular weight is 317 g/mol. The predicted octanol–water partition coefficient (Wildman–Crippen LogP) is 3.17. The standard InChI is InChI=1S/C12H11BrClNO2/c1-2-17-11(16)5-10-9(7-15)4-3-8(6-14)12(10)13/h3-4H,2,5-6H2,1H3. The Hall–Kier alpha value is -1.05. The van der Waals surface area contributed by atoms with Crippen molar-refractivity contribution in [2.75, 3.05) is 6.61 Å². The molecule has 5 heteroatoms. The molecule has 0 spiro atoms. The van der Waals surface area contributed by atoms with Gasteiger partial charge < -0.3 is 4.74 Å². The Morgan fingerprint density at radius 3 is 2.82 bits per heavy atom. The maximum atomic E-state index is 11.4. The number of ether oxygens (including phenoxy) is 1. The van der Waals surface area contributed by atoms with Crippen molar-refractivity contribution in [3.05, 3.63) is 33.3 Å². The Bertz CT molecular complexity index is 468. The largest absolute Gasteiger partial charge is 0.466 e. The fourth-order valence-corrected chi connectivity index (χ4v) is 2.42. The van der Waals surface area contributed by atoms with Gasteiger partial charge in [0.15, 0.2) is 0 Å². The van der Waals surface area contributed by atoms with Gasteiger partial charge in [0.25, 0.3) is 0 Å². The van der Waals surface area contributed by atoms with Crippen molar-refractivity contribution < 1.29 is 9.53 Å². The Morgan fingerprint density at radius 1 is 1.59 bits per heavy atom. The molecule has 0 aliphatic carbocycles. The molecule has 17 heavy (non-hydrogen) atoms. The molecule has 1 rings (SSSR count). The summed E-state index contributed by atoms with van der Waals surface area (Å²) in [6.07, 6.45) is 0.0715. The summed E-state index contributed by atoms with van der Waals surface area (Å²) in [6.45, 7) is 2.07. The molecule has 0 radical (unpaired) electrons. The number of rotatable bonds is 4. The third-order valence-corrected chi connectivity index (χ3v) is 3.49. The van der Waals surface area contributed by atoms with E-state index in [0.717, 1.165) is 5.56 Å². The van der Waals surface area contributed by atoms with E-state index in [-0.39, 0.29) is 12.4 Å². The summed E-state index contributed by atoms with van der Waals surface area (Å²) in [5, 5.41) is 8.99. The van der Waals surface area contributed by atoms with E-state index in [1.165, 1.54) is 0 Å². The van der Waals surface area contributed by atoms with Gasteiger partial charge in [-0.2, -0.15) is 5.26 Å². The lowest BCUT2D eigenvalue weighted by molar-refractivity contribution is -0.142. The Balaban J connectivity index is 3.11. The van der Waals surface area contributed by atoms with E-state index in [2.05, 4.69) is 22.0 Å². The summed E-state index contributed by atoms with van der Waals surface area (Å²) in [4.78, 5) is 11.4. The third kappa shape index (κ3) is 3.45. The van der Waals surface area contributed by atoms with E-state index in [1.54, 1.807) is 19.1 Å². The maximum absolute atomic E-state index is 11.4. The van der Waals surface area contributed by atoms with E-state index >= 15 is 0 Å². The second kappa shape index (κ2) is 6.63. The van der Waals surface area contributed by atoms with Crippen LogP contribution >= 0.6 is 27.5 Å². The molecular formula is C12H11BrClNO2. The van der Waals surface area contributed by atoms with Crippen LogP contribution in [-0.2, 0) is 21.8 Å². The number of nitrogens with zero attached hydrogens (tertiary/aromatic N) is 1. The number of benzene rings is 1. The first-order chi connectivity index (χ1) is 8.13. The van der Waals surface area contributed by atoms with Crippen LogP contribution in [0.25, 0.3) is 0 Å². The van der Waals surface area contributed by atoms with Gasteiger partial charge in [-0.15, -0.1) is 11.6 Å². The van der Waals surface area contributed by atoms with E-state index in [1.807, 2.05) is 0 Å². The van der Waals surface area contributed by atoms with Crippen LogP contribution in [0.4, 0.5) is 0 Å². The zero-order valence-corrected chi connectivity index (χ0v) is 11.6. The molecule has 0 atom stereocenters. The molecular weight excluding hydrogens is 305 g/mol. The fraction of sp³-hybridized carbons (Fsp3) is 0.333. The number of hydrogen-bond acceptors (Lipinski definition) is 3. The summed E-state index contributed by atoms with van der Waals surface area (Å²) in [6, 6.07) is 5.49. The van der Waals surface area contributed by atoms with Crippen molar-refractivity contribution in [3.8, 4) is 6.07 Å². The van der Waals surface area contributed by atoms with Crippen LogP contribution in [0.15, 0.2) is 16.6 Å². The lowest BCUT2D eigenvalue weighted by atomic mass is 10.0. The lowest BCUT2D eigenvalue weighted by Gasteiger charge is -2.09. The Kier molecular flexibility index (Phi) is 5.46. The molecule has 0 fully saturated rings. The van der Waals surface area contributed by atoms with Crippen molar-refractivity contribution in [1.29, 1.82) is 5.26 Å². The van der Waals surface area contributed by atoms with Crippen LogP contribution in [0, 0.1) is 11.3 Å². The molecule has 0 aliphatic rings. The zero-order chi connectivity index (χ0) is 12.8. The number of carbonyl (C=O) groups excluding carboxylic acids is 1. The van der Waals surface area contributed by atoms with Crippen LogP contribution < -0.4 is 0 Å². The van der Waals surface area contributed by atoms with Gasteiger partial charge in [-0.05, 0) is 24.1 Å². The summed E-state index contributed by atoms with van der Waals surface area (Å²) < 4.78 is 5.58. The van der Waals surface area contributed by atoms with E-state index in [9.17, 15) is 4.79 Å². The van der Waals surface area contributed by atoms with Crippen LogP contribution in [0.5, 0.6) is 0 Å². The zero-order valence-electron chi connectivity index (χ0n) is 9.30. The molecule has 0 N–H and O–H groups in total. The molecule has 0 aliphatic heterocycles. The van der Waals surface area contributed by atoms with Gasteiger partial charge in [-0.25, -0.2) is 0 Å². The number of hydrogen-bond donors (Lipinski definition) is 0. The minimum Gasteiger partial charge on any atom is -0.466 e. The summed E-state index contributed by atoms with van der Waals surface area (Å²) >= 11 is 9.14. The Morgan fingerprint density at radius 2 is 2.29 bits per heavy atom. The summed E-state index contributed by atoms with van der Waals surface area (Å²) in [5.41, 5.74) is 1.94. The second-order valence-electron chi connectivity index (χ2n) is 3.29. The SMILES string of the molecule is CCOC(=O)Cc1c(C#N)ccc(CCl)c1Br. The van der Waals surface area contributed by atoms with E-state index in [0.29, 0.717) is 28.1 Å². The first-order valence-electron chi connectivity index (χ1n) is 5.06. The molecule has 0 unspecified atom stereocenters. The average Bonchev–Trinajstić information content (AvgIpc) is 2.32. The quantitative estimate of drug-likeness (QED) is 0.633. The van der Waals surface area contributed by atoms with Crippen molar-refractivity contribution >= 4 is 33.5 Å². The number of carbonyl (C=O) groups is 1. The molecule has 1 aromatic carbocycles. The fourth-order valence-electron chi connectivity index (χ4n) is 1.41. The Labute approximate surface area is 113 Å². The number of nitriles is 1. The molecule has 0 saturated carbocycles. The molecule has 90 valence electrons. The topological polar surface area (TPSA) is 50.1 Å². The lowest BCUT2D eigenvalue weighted by Crippen LogP contribution is -2.10. The monoisotopic (exact) mass is 315 g/mol. The highest BCUT2D eigenvalue weighted by molar-refractivity contribution is 9.10. The van der Waals surface area contributed by atoms with Crippen molar-refractivity contribution in [1.82, 2.24) is 0 Å². The predicted molar refractivity (Wildman–Crippen MR) is 68.8 cm³/mol. The first kappa shape index (κ1) is 14.0. The van der Waals surface area contributed by atoms with Crippen molar-refractivity contribution in [3.63, 3.8) is 0 Å². The minimum absolute atomic E-state index is 0.0715. The van der Waals surface area contributed by atoms with Crippen molar-refractivity contribution in [2.45, 2.75) is 19.2 Å². The highest BCUT2D eigenvalue weighted by Gasteiger charge is 2.14. The van der Waals surface area contributed by atoms with Crippen LogP contribution in [-0.4, -0.2) is 12.6 Å². The van der Waals surface area contributed by atoms with Gasteiger partial charge in [0.2, 0.25) is 0 Å². The molecule has 0 aromatic heterocycles. The van der Waals surface area contributed by atoms with Crippen LogP contribution in [0.1, 0.15) is 23.6 Å². The number of esters is 1. The van der Waals surface area contributed by atoms with E-state index < -0.39 is 0 Å². The second-order valence-corrected chi connectivity index (χ2v) is 4.35. The smallest absolute Gasteiger partial charge is 0.310 e. The molecule has 0 amide bonds. The van der Waals surface area contributed by atoms with E-state index in [4.69, 9.17) is 21.6 Å². The number of alkyl halides is 1. The van der Waals surface area contributed by atoms with Gasteiger partial charge in [0.1, 0.15) is 0 Å². The summed E-state index contributed by atoms with van der Waals surface area (Å²) in [7, 11) is 0. The normalized spacial score (nSPS) is 9.76. The van der Waals surface area contributed by atoms with Crippen molar-refractivity contribution in [2.24, 2.45) is 0 Å². The van der Waals surface area contributed by atoms with Crippen LogP contribution in [0.3, 0.4) is 0 Å². The molecule has 0 bridgehead atoms. The van der Waals surface area contributed by atoms with Gasteiger partial charge in [-0.3, -0.25) is 4.79 Å². The third-order valence-electron chi connectivity index (χ3n) is 2.21. The van der Waals surface area contributed by atoms with Gasteiger partial charge >= 0.3 is 5.97 Å². The number of halogens is 2. The molecule has 0 heterocycles. The minimum atomic E-state index is -0.351. The summed E-state index contributed by atoms with van der Waals surface area (Å²) in [5.74, 6) is -0.0290. The van der Waals surface area contributed by atoms with Gasteiger partial charge in [0.05, 0.1) is 24.7 Å².